The van der Waals surface area contributed by atoms with Gasteiger partial charge in [-0.2, -0.15) is 10.1 Å². The lowest BCUT2D eigenvalue weighted by Gasteiger charge is -2.10. The summed E-state index contributed by atoms with van der Waals surface area (Å²) in [6.07, 6.45) is 1.45. The molecule has 0 fully saturated rings. The van der Waals surface area contributed by atoms with Crippen LogP contribution in [0.2, 0.25) is 5.15 Å². The summed E-state index contributed by atoms with van der Waals surface area (Å²) in [5, 5.41) is 6.77. The number of aromatic nitrogens is 4. The highest BCUT2D eigenvalue weighted by atomic mass is 127. The molecule has 120 valence electrons. The van der Waals surface area contributed by atoms with Crippen LogP contribution in [0.25, 0.3) is 0 Å². The number of ether oxygens (including phenoxy) is 1. The van der Waals surface area contributed by atoms with Crippen molar-refractivity contribution >= 4 is 61.5 Å². The van der Waals surface area contributed by atoms with Crippen molar-refractivity contribution in [1.29, 1.82) is 0 Å². The van der Waals surface area contributed by atoms with Crippen molar-refractivity contribution in [3.05, 3.63) is 16.9 Å². The minimum Gasteiger partial charge on any atom is -0.490 e. The molecule has 1 unspecified atom stereocenters. The fourth-order valence-electron chi connectivity index (χ4n) is 1.58. The van der Waals surface area contributed by atoms with Gasteiger partial charge in [0, 0.05) is 18.0 Å². The summed E-state index contributed by atoms with van der Waals surface area (Å²) in [7, 11) is -2.21. The van der Waals surface area contributed by atoms with Gasteiger partial charge in [0.25, 0.3) is 0 Å². The largest absolute Gasteiger partial charge is 0.490 e. The van der Waals surface area contributed by atoms with E-state index in [1.54, 1.807) is 10.5 Å². The molecule has 12 heteroatoms. The van der Waals surface area contributed by atoms with E-state index in [1.807, 2.05) is 6.92 Å². The van der Waals surface area contributed by atoms with Crippen LogP contribution in [0.4, 0.5) is 11.6 Å². The van der Waals surface area contributed by atoms with Gasteiger partial charge in [0.05, 0.1) is 13.5 Å². The second-order valence-electron chi connectivity index (χ2n) is 4.24. The number of hydrogen-bond donors (Lipinski definition) is 1. The molecule has 0 aromatic carbocycles. The van der Waals surface area contributed by atoms with Gasteiger partial charge >= 0.3 is 0 Å². The zero-order valence-electron chi connectivity index (χ0n) is 11.8. The Kier molecular flexibility index (Phi) is 5.46. The maximum atomic E-state index is 11.6. The van der Waals surface area contributed by atoms with E-state index < -0.39 is 9.84 Å². The van der Waals surface area contributed by atoms with Crippen molar-refractivity contribution < 1.29 is 13.2 Å². The van der Waals surface area contributed by atoms with Gasteiger partial charge in [-0.25, -0.2) is 17.9 Å². The fraction of sp³-hybridized carbons (Fsp3) is 0.300. The lowest BCUT2D eigenvalue weighted by atomic mass is 10.4. The average molecular weight is 476 g/mol. The van der Waals surface area contributed by atoms with Gasteiger partial charge < -0.3 is 10.1 Å². The van der Waals surface area contributed by atoms with Crippen LogP contribution in [0.15, 0.2) is 11.2 Å². The zero-order valence-corrected chi connectivity index (χ0v) is 16.5. The highest BCUT2D eigenvalue weighted by Crippen LogP contribution is 2.33. The van der Waals surface area contributed by atoms with E-state index in [2.05, 4.69) is 42.4 Å². The third kappa shape index (κ3) is 3.79. The van der Waals surface area contributed by atoms with E-state index in [1.165, 1.54) is 7.11 Å². The summed E-state index contributed by atoms with van der Waals surface area (Å²) in [4.78, 5) is 7.70. The maximum absolute atomic E-state index is 11.6. The molecule has 2 aromatic heterocycles. The standard InChI is InChI=1S/C10H12ClIN5O3PS/c1-5-4-6(16-17(5)21-12)13-9-7(20-2)8(11)14-10(15-9)22(3,18)19/h4,21H,1-3H3,(H,13,14,15,16). The monoisotopic (exact) mass is 475 g/mol. The van der Waals surface area contributed by atoms with Crippen LogP contribution in [-0.2, 0) is 9.84 Å². The third-order valence-corrected chi connectivity index (χ3v) is 5.64. The fourth-order valence-corrected chi connectivity index (χ4v) is 4.20. The van der Waals surface area contributed by atoms with Crippen LogP contribution in [0, 0.1) is 6.92 Å². The third-order valence-electron chi connectivity index (χ3n) is 2.55. The lowest BCUT2D eigenvalue weighted by molar-refractivity contribution is 0.411. The summed E-state index contributed by atoms with van der Waals surface area (Å²) < 4.78 is 30.2. The second-order valence-corrected chi connectivity index (χ2v) is 8.55. The molecule has 1 atom stereocenters. The van der Waals surface area contributed by atoms with Crippen molar-refractivity contribution in [1.82, 2.24) is 19.5 Å². The summed E-state index contributed by atoms with van der Waals surface area (Å²) in [5.41, 5.74) is 0.956. The van der Waals surface area contributed by atoms with Crippen LogP contribution in [0.3, 0.4) is 0 Å². The minimum atomic E-state index is -3.60. The average Bonchev–Trinajstić information content (AvgIpc) is 2.77. The van der Waals surface area contributed by atoms with Gasteiger partial charge in [-0.15, -0.1) is 0 Å². The zero-order chi connectivity index (χ0) is 16.5. The first-order valence-corrected chi connectivity index (χ1v) is 12.1. The first kappa shape index (κ1) is 17.6. The Labute approximate surface area is 147 Å². The van der Waals surface area contributed by atoms with E-state index in [0.29, 0.717) is 12.2 Å². The molecule has 2 heterocycles. The van der Waals surface area contributed by atoms with E-state index in [9.17, 15) is 8.42 Å². The molecule has 0 aliphatic rings. The molecule has 0 aliphatic carbocycles. The molecule has 0 amide bonds. The SMILES string of the molecule is COc1c(Cl)nc(S(C)(=O)=O)nc1Nc1cc(C)n(PI)n1. The predicted octanol–water partition coefficient (Wildman–Crippen LogP) is 2.58. The Morgan fingerprint density at radius 1 is 1.45 bits per heavy atom. The minimum absolute atomic E-state index is 0.0904. The molecule has 8 nitrogen and oxygen atoms in total. The Morgan fingerprint density at radius 3 is 2.64 bits per heavy atom. The van der Waals surface area contributed by atoms with Crippen LogP contribution < -0.4 is 10.1 Å². The number of hydrogen-bond acceptors (Lipinski definition) is 7. The van der Waals surface area contributed by atoms with E-state index >= 15 is 0 Å². The maximum Gasteiger partial charge on any atom is 0.250 e. The molecule has 0 aliphatic heterocycles. The predicted molar refractivity (Wildman–Crippen MR) is 94.7 cm³/mol. The molecule has 2 aromatic rings. The molecule has 0 radical (unpaired) electrons. The molecule has 0 saturated heterocycles. The van der Waals surface area contributed by atoms with Gasteiger partial charge in [0.15, 0.2) is 22.5 Å². The molecular formula is C10H12ClIN5O3PS. The van der Waals surface area contributed by atoms with Gasteiger partial charge in [-0.1, -0.05) is 11.6 Å². The van der Waals surface area contributed by atoms with Gasteiger partial charge in [-0.3, -0.25) is 0 Å². The molecule has 0 saturated carbocycles. The second kappa shape index (κ2) is 6.81. The molecule has 0 bridgehead atoms. The summed E-state index contributed by atoms with van der Waals surface area (Å²) in [6, 6.07) is 1.81. The molecular weight excluding hydrogens is 464 g/mol. The number of halogens is 2. The number of rotatable bonds is 5. The Bertz CT molecular complexity index is 813. The van der Waals surface area contributed by atoms with Crippen molar-refractivity contribution in [2.24, 2.45) is 0 Å². The van der Waals surface area contributed by atoms with Crippen molar-refractivity contribution in [3.8, 4) is 5.75 Å². The van der Waals surface area contributed by atoms with Crippen LogP contribution in [-0.4, -0.2) is 41.3 Å². The number of nitrogens with one attached hydrogen (secondary N) is 1. The summed E-state index contributed by atoms with van der Waals surface area (Å²) in [6.45, 7) is 1.91. The van der Waals surface area contributed by atoms with Crippen LogP contribution >= 0.6 is 40.0 Å². The quantitative estimate of drug-likeness (QED) is 0.307. The summed E-state index contributed by atoms with van der Waals surface area (Å²) in [5.74, 6) is 0.803. The van der Waals surface area contributed by atoms with E-state index in [-0.39, 0.29) is 21.9 Å². The molecule has 2 rings (SSSR count). The Balaban J connectivity index is 2.50. The van der Waals surface area contributed by atoms with E-state index in [4.69, 9.17) is 16.3 Å². The number of sulfone groups is 1. The van der Waals surface area contributed by atoms with E-state index in [0.717, 1.165) is 11.9 Å². The Morgan fingerprint density at radius 2 is 2.14 bits per heavy atom. The van der Waals surface area contributed by atoms with Gasteiger partial charge in [-0.05, 0) is 29.0 Å². The first-order valence-electron chi connectivity index (χ1n) is 5.78. The number of anilines is 2. The van der Waals surface area contributed by atoms with Crippen molar-refractivity contribution in [2.75, 3.05) is 18.7 Å². The smallest absolute Gasteiger partial charge is 0.250 e. The van der Waals surface area contributed by atoms with Crippen molar-refractivity contribution in [3.63, 3.8) is 0 Å². The number of methoxy groups -OCH3 is 1. The molecule has 0 spiro atoms. The molecule has 22 heavy (non-hydrogen) atoms. The van der Waals surface area contributed by atoms with Crippen LogP contribution in [0.1, 0.15) is 5.69 Å². The lowest BCUT2D eigenvalue weighted by Crippen LogP contribution is -2.08. The summed E-state index contributed by atoms with van der Waals surface area (Å²) >= 11 is 8.17. The highest BCUT2D eigenvalue weighted by molar-refractivity contribution is 14.2. The first-order chi connectivity index (χ1) is 10.3. The topological polar surface area (TPSA) is 99.0 Å². The number of nitrogens with zero attached hydrogens (tertiary/aromatic N) is 4. The van der Waals surface area contributed by atoms with Gasteiger partial charge in [0.1, 0.15) is 0 Å². The Hall–Kier alpha value is -0.710. The number of aryl methyl sites for hydroxylation is 1. The van der Waals surface area contributed by atoms with Crippen LogP contribution in [0.5, 0.6) is 5.75 Å². The van der Waals surface area contributed by atoms with Crippen molar-refractivity contribution in [2.45, 2.75) is 12.1 Å². The highest BCUT2D eigenvalue weighted by Gasteiger charge is 2.20. The molecule has 1 N–H and O–H groups in total. The van der Waals surface area contributed by atoms with Gasteiger partial charge in [0.2, 0.25) is 15.0 Å². The normalized spacial score (nSPS) is 12.0.